The van der Waals surface area contributed by atoms with Crippen molar-refractivity contribution in [3.63, 3.8) is 0 Å². The van der Waals surface area contributed by atoms with Crippen molar-refractivity contribution in [3.05, 3.63) is 0 Å². The van der Waals surface area contributed by atoms with Gasteiger partial charge in [-0.05, 0) is 13.3 Å². The number of carbonyl (C=O) groups excluding carboxylic acids is 3. The normalized spacial score (nSPS) is 9.83. The van der Waals surface area contributed by atoms with Crippen LogP contribution in [0.3, 0.4) is 0 Å². The second-order valence-corrected chi connectivity index (χ2v) is 4.63. The SMILES string of the molecule is CCOC(=O)CCCNC(=O)CCSCC(N)=O. The molecule has 0 aromatic rings. The number of ether oxygens (including phenoxy) is 1. The summed E-state index contributed by atoms with van der Waals surface area (Å²) in [5.41, 5.74) is 4.96. The van der Waals surface area contributed by atoms with E-state index in [1.807, 2.05) is 0 Å². The van der Waals surface area contributed by atoms with Crippen LogP contribution < -0.4 is 11.1 Å². The molecule has 0 saturated carbocycles. The van der Waals surface area contributed by atoms with Gasteiger partial charge in [-0.1, -0.05) is 0 Å². The second kappa shape index (κ2) is 10.9. The number of nitrogens with one attached hydrogen (secondary N) is 1. The van der Waals surface area contributed by atoms with Gasteiger partial charge in [0.2, 0.25) is 11.8 Å². The minimum absolute atomic E-state index is 0.0872. The van der Waals surface area contributed by atoms with Crippen LogP contribution in [-0.4, -0.2) is 42.4 Å². The van der Waals surface area contributed by atoms with Gasteiger partial charge in [-0.3, -0.25) is 14.4 Å². The summed E-state index contributed by atoms with van der Waals surface area (Å²) in [5.74, 6) is 0.0809. The Morgan fingerprint density at radius 2 is 2.00 bits per heavy atom. The van der Waals surface area contributed by atoms with E-state index in [1.165, 1.54) is 11.8 Å². The summed E-state index contributed by atoms with van der Waals surface area (Å²) < 4.78 is 4.75. The molecule has 0 radical (unpaired) electrons. The van der Waals surface area contributed by atoms with Crippen molar-refractivity contribution >= 4 is 29.5 Å². The molecule has 0 aromatic heterocycles. The summed E-state index contributed by atoms with van der Waals surface area (Å²) in [6, 6.07) is 0. The van der Waals surface area contributed by atoms with Crippen LogP contribution in [-0.2, 0) is 19.1 Å². The minimum Gasteiger partial charge on any atom is -0.466 e. The van der Waals surface area contributed by atoms with Gasteiger partial charge in [0, 0.05) is 25.1 Å². The molecule has 0 heterocycles. The van der Waals surface area contributed by atoms with E-state index in [4.69, 9.17) is 10.5 Å². The highest BCUT2D eigenvalue weighted by Crippen LogP contribution is 2.01. The molecule has 6 nitrogen and oxygen atoms in total. The van der Waals surface area contributed by atoms with E-state index in [0.717, 1.165) is 0 Å². The molecule has 0 aliphatic carbocycles. The molecule has 3 N–H and O–H groups in total. The predicted molar refractivity (Wildman–Crippen MR) is 70.0 cm³/mol. The quantitative estimate of drug-likeness (QED) is 0.434. The van der Waals surface area contributed by atoms with Gasteiger partial charge >= 0.3 is 5.97 Å². The van der Waals surface area contributed by atoms with Gasteiger partial charge in [-0.2, -0.15) is 11.8 Å². The zero-order chi connectivity index (χ0) is 13.8. The number of nitrogens with two attached hydrogens (primary N) is 1. The van der Waals surface area contributed by atoms with Gasteiger partial charge in [0.1, 0.15) is 0 Å². The third-order valence-corrected chi connectivity index (χ3v) is 2.88. The fraction of sp³-hybridized carbons (Fsp3) is 0.727. The van der Waals surface area contributed by atoms with Gasteiger partial charge in [0.05, 0.1) is 12.4 Å². The first-order valence-electron chi connectivity index (χ1n) is 5.84. The molecule has 0 aliphatic rings. The van der Waals surface area contributed by atoms with Crippen LogP contribution in [0.5, 0.6) is 0 Å². The molecule has 0 saturated heterocycles. The van der Waals surface area contributed by atoms with Crippen molar-refractivity contribution in [3.8, 4) is 0 Å². The average Bonchev–Trinajstić information content (AvgIpc) is 2.30. The Labute approximate surface area is 111 Å². The molecule has 18 heavy (non-hydrogen) atoms. The van der Waals surface area contributed by atoms with E-state index < -0.39 is 0 Å². The topological polar surface area (TPSA) is 98.5 Å². The molecule has 7 heteroatoms. The summed E-state index contributed by atoms with van der Waals surface area (Å²) in [6.07, 6.45) is 1.22. The molecule has 2 amide bonds. The highest BCUT2D eigenvalue weighted by Gasteiger charge is 2.04. The maximum absolute atomic E-state index is 11.3. The Morgan fingerprint density at radius 3 is 2.61 bits per heavy atom. The van der Waals surface area contributed by atoms with E-state index in [1.54, 1.807) is 6.92 Å². The Hall–Kier alpha value is -1.24. The van der Waals surface area contributed by atoms with Crippen molar-refractivity contribution in [1.82, 2.24) is 5.32 Å². The molecular formula is C11H20N2O4S. The molecule has 0 rings (SSSR count). The number of amides is 2. The van der Waals surface area contributed by atoms with Gasteiger partial charge < -0.3 is 15.8 Å². The van der Waals surface area contributed by atoms with Crippen LogP contribution in [0.4, 0.5) is 0 Å². The Balaban J connectivity index is 3.37. The molecule has 104 valence electrons. The summed E-state index contributed by atoms with van der Waals surface area (Å²) >= 11 is 1.33. The summed E-state index contributed by atoms with van der Waals surface area (Å²) in [7, 11) is 0. The smallest absolute Gasteiger partial charge is 0.305 e. The first kappa shape index (κ1) is 16.8. The third-order valence-electron chi connectivity index (χ3n) is 1.90. The van der Waals surface area contributed by atoms with Crippen LogP contribution >= 0.6 is 11.8 Å². The van der Waals surface area contributed by atoms with E-state index in [2.05, 4.69) is 5.32 Å². The minimum atomic E-state index is -0.380. The number of hydrogen-bond donors (Lipinski definition) is 2. The molecule has 0 unspecified atom stereocenters. The lowest BCUT2D eigenvalue weighted by atomic mass is 10.3. The molecule has 0 atom stereocenters. The van der Waals surface area contributed by atoms with E-state index in [-0.39, 0.29) is 23.5 Å². The lowest BCUT2D eigenvalue weighted by molar-refractivity contribution is -0.143. The van der Waals surface area contributed by atoms with E-state index in [9.17, 15) is 14.4 Å². The van der Waals surface area contributed by atoms with Gasteiger partial charge in [-0.25, -0.2) is 0 Å². The van der Waals surface area contributed by atoms with Crippen LogP contribution in [0, 0.1) is 0 Å². The van der Waals surface area contributed by atoms with Crippen LogP contribution in [0.2, 0.25) is 0 Å². The fourth-order valence-electron chi connectivity index (χ4n) is 1.12. The molecular weight excluding hydrogens is 256 g/mol. The zero-order valence-corrected chi connectivity index (χ0v) is 11.4. The first-order chi connectivity index (χ1) is 8.56. The van der Waals surface area contributed by atoms with Crippen LogP contribution in [0.15, 0.2) is 0 Å². The number of thioether (sulfide) groups is 1. The number of hydrogen-bond acceptors (Lipinski definition) is 5. The monoisotopic (exact) mass is 276 g/mol. The maximum Gasteiger partial charge on any atom is 0.305 e. The third kappa shape index (κ3) is 11.3. The molecule has 0 fully saturated rings. The predicted octanol–water partition coefficient (Wildman–Crippen LogP) is 0.0545. The second-order valence-electron chi connectivity index (χ2n) is 3.53. The Kier molecular flexibility index (Phi) is 10.1. The van der Waals surface area contributed by atoms with Gasteiger partial charge in [0.25, 0.3) is 0 Å². The van der Waals surface area contributed by atoms with Crippen molar-refractivity contribution < 1.29 is 19.1 Å². The number of primary amides is 1. The van der Waals surface area contributed by atoms with E-state index in [0.29, 0.717) is 38.2 Å². The van der Waals surface area contributed by atoms with Gasteiger partial charge in [-0.15, -0.1) is 0 Å². The average molecular weight is 276 g/mol. The summed E-state index contributed by atoms with van der Waals surface area (Å²) in [6.45, 7) is 2.59. The lowest BCUT2D eigenvalue weighted by Crippen LogP contribution is -2.25. The van der Waals surface area contributed by atoms with Gasteiger partial charge in [0.15, 0.2) is 0 Å². The van der Waals surface area contributed by atoms with Crippen molar-refractivity contribution in [2.75, 3.05) is 24.7 Å². The number of rotatable bonds is 10. The van der Waals surface area contributed by atoms with Crippen molar-refractivity contribution in [1.29, 1.82) is 0 Å². The maximum atomic E-state index is 11.3. The summed E-state index contributed by atoms with van der Waals surface area (Å²) in [4.78, 5) is 32.7. The van der Waals surface area contributed by atoms with Crippen LogP contribution in [0.1, 0.15) is 26.2 Å². The summed E-state index contributed by atoms with van der Waals surface area (Å²) in [5, 5.41) is 2.69. The van der Waals surface area contributed by atoms with Crippen LogP contribution in [0.25, 0.3) is 0 Å². The standard InChI is InChI=1S/C11H20N2O4S/c1-2-17-11(16)4-3-6-13-10(15)5-7-18-8-9(12)14/h2-8H2,1H3,(H2,12,14)(H,13,15). The lowest BCUT2D eigenvalue weighted by Gasteiger charge is -2.04. The number of carbonyl (C=O) groups is 3. The highest BCUT2D eigenvalue weighted by atomic mass is 32.2. The molecule has 0 aromatic carbocycles. The van der Waals surface area contributed by atoms with Crippen molar-refractivity contribution in [2.24, 2.45) is 5.73 Å². The largest absolute Gasteiger partial charge is 0.466 e. The fourth-order valence-corrected chi connectivity index (χ4v) is 1.79. The Morgan fingerprint density at radius 1 is 1.28 bits per heavy atom. The molecule has 0 bridgehead atoms. The number of esters is 1. The zero-order valence-electron chi connectivity index (χ0n) is 10.6. The highest BCUT2D eigenvalue weighted by molar-refractivity contribution is 7.99. The molecule has 0 aliphatic heterocycles. The molecule has 0 spiro atoms. The first-order valence-corrected chi connectivity index (χ1v) is 7.00. The van der Waals surface area contributed by atoms with Crippen molar-refractivity contribution in [2.45, 2.75) is 26.2 Å². The van der Waals surface area contributed by atoms with E-state index >= 15 is 0 Å². The Bertz CT molecular complexity index is 284.